The molecule has 5 heteroatoms. The summed E-state index contributed by atoms with van der Waals surface area (Å²) in [7, 11) is 0. The summed E-state index contributed by atoms with van der Waals surface area (Å²) in [6, 6.07) is 40.5. The van der Waals surface area contributed by atoms with E-state index in [1.54, 1.807) is 0 Å². The second kappa shape index (κ2) is 18.3. The molecule has 0 aliphatic carbocycles. The molecule has 8 heterocycles. The lowest BCUT2D eigenvalue weighted by Crippen LogP contribution is -2.00. The maximum Gasteiger partial charge on any atom is 0.119 e. The molecule has 0 radical (unpaired) electrons. The molecular weight excluding hydrogens is 639 g/mol. The van der Waals surface area contributed by atoms with Crippen LogP contribution < -0.4 is 9.47 Å². The fourth-order valence-electron chi connectivity index (χ4n) is 6.84. The second-order valence-electron chi connectivity index (χ2n) is 13.9. The molecule has 3 aromatic heterocycles. The number of fused-ring (bicyclic) bond motifs is 4. The first-order valence-corrected chi connectivity index (χ1v) is 19.2. The van der Waals surface area contributed by atoms with Crippen molar-refractivity contribution in [3.05, 3.63) is 150 Å². The van der Waals surface area contributed by atoms with Crippen LogP contribution in [0.15, 0.2) is 128 Å². The van der Waals surface area contributed by atoms with Crippen molar-refractivity contribution in [3.63, 3.8) is 0 Å². The number of benzene rings is 3. The average Bonchev–Trinajstić information content (AvgIpc) is 3.20. The summed E-state index contributed by atoms with van der Waals surface area (Å²) in [5.74, 6) is 1.88. The van der Waals surface area contributed by atoms with Crippen molar-refractivity contribution in [2.75, 3.05) is 13.2 Å². The van der Waals surface area contributed by atoms with Crippen molar-refractivity contribution in [2.24, 2.45) is 0 Å². The van der Waals surface area contributed by atoms with Gasteiger partial charge >= 0.3 is 0 Å². The van der Waals surface area contributed by atoms with Gasteiger partial charge in [0.05, 0.1) is 36.0 Å². The van der Waals surface area contributed by atoms with Crippen LogP contribution in [0.4, 0.5) is 0 Å². The van der Waals surface area contributed by atoms with E-state index in [-0.39, 0.29) is 0 Å². The molecule has 0 unspecified atom stereocenters. The fraction of sp³-hybridized carbons (Fsp3) is 0.298. The smallest absolute Gasteiger partial charge is 0.119 e. The zero-order valence-electron chi connectivity index (χ0n) is 30.2. The lowest BCUT2D eigenvalue weighted by molar-refractivity contribution is 0.311. The van der Waals surface area contributed by atoms with Gasteiger partial charge in [0.15, 0.2) is 0 Å². The van der Waals surface area contributed by atoms with Crippen molar-refractivity contribution < 1.29 is 9.47 Å². The normalized spacial score (nSPS) is 14.9. The molecule has 3 aromatic carbocycles. The van der Waals surface area contributed by atoms with Gasteiger partial charge in [0, 0.05) is 12.4 Å². The predicted molar refractivity (Wildman–Crippen MR) is 212 cm³/mol. The van der Waals surface area contributed by atoms with Crippen LogP contribution in [0.25, 0.3) is 33.9 Å². The van der Waals surface area contributed by atoms with Gasteiger partial charge in [-0.1, -0.05) is 92.4 Å². The van der Waals surface area contributed by atoms with Gasteiger partial charge in [-0.3, -0.25) is 9.97 Å². The van der Waals surface area contributed by atoms with Gasteiger partial charge in [-0.15, -0.1) is 0 Å². The monoisotopic (exact) mass is 687 g/mol. The molecular formula is C47H49N3O2. The van der Waals surface area contributed by atoms with Gasteiger partial charge in [-0.2, -0.15) is 0 Å². The molecule has 0 N–H and O–H groups in total. The minimum absolute atomic E-state index is 0.677. The molecule has 0 saturated heterocycles. The topological polar surface area (TPSA) is 57.1 Å². The molecule has 10 bridgehead atoms. The quantitative estimate of drug-likeness (QED) is 0.172. The molecule has 5 aliphatic heterocycles. The first kappa shape index (κ1) is 35.1. The minimum atomic E-state index is 0.677. The van der Waals surface area contributed by atoms with Crippen molar-refractivity contribution in [1.82, 2.24) is 15.0 Å². The molecule has 0 amide bonds. The van der Waals surface area contributed by atoms with Gasteiger partial charge in [0.25, 0.3) is 0 Å². The molecule has 264 valence electrons. The SMILES string of the molecule is c1ccc(-c2cc3nc(c2)-c2ccc(cn2)CCCOc2ccc(cc2)CCCCCCCCc2ccc(cc2)OCCCc2ccc-3nc2)cc1. The third-order valence-electron chi connectivity index (χ3n) is 9.89. The number of nitrogens with zero attached hydrogens (tertiary/aromatic N) is 3. The van der Waals surface area contributed by atoms with Crippen LogP contribution >= 0.6 is 0 Å². The largest absolute Gasteiger partial charge is 0.494 e. The summed E-state index contributed by atoms with van der Waals surface area (Å²) < 4.78 is 12.2. The maximum atomic E-state index is 6.09. The van der Waals surface area contributed by atoms with Crippen molar-refractivity contribution in [2.45, 2.75) is 77.0 Å². The van der Waals surface area contributed by atoms with E-state index in [2.05, 4.69) is 109 Å². The van der Waals surface area contributed by atoms with Crippen molar-refractivity contribution in [3.8, 4) is 45.4 Å². The molecule has 0 fully saturated rings. The molecule has 11 rings (SSSR count). The van der Waals surface area contributed by atoms with Gasteiger partial charge in [-0.25, -0.2) is 4.98 Å². The molecule has 6 aromatic rings. The van der Waals surface area contributed by atoms with E-state index in [0.717, 1.165) is 83.9 Å². The zero-order valence-corrected chi connectivity index (χ0v) is 30.2. The Kier molecular flexibility index (Phi) is 12.3. The fourth-order valence-corrected chi connectivity index (χ4v) is 6.84. The number of ether oxygens (including phenoxy) is 2. The number of hydrogen-bond donors (Lipinski definition) is 0. The number of aromatic nitrogens is 3. The van der Waals surface area contributed by atoms with Crippen LogP contribution in [-0.2, 0) is 25.7 Å². The highest BCUT2D eigenvalue weighted by atomic mass is 16.5. The summed E-state index contributed by atoms with van der Waals surface area (Å²) in [6.07, 6.45) is 17.6. The predicted octanol–water partition coefficient (Wildman–Crippen LogP) is 11.3. The number of hydrogen-bond acceptors (Lipinski definition) is 5. The van der Waals surface area contributed by atoms with Gasteiger partial charge in [-0.05, 0) is 133 Å². The third-order valence-corrected chi connectivity index (χ3v) is 9.89. The van der Waals surface area contributed by atoms with E-state index >= 15 is 0 Å². The lowest BCUT2D eigenvalue weighted by Gasteiger charge is -2.11. The lowest BCUT2D eigenvalue weighted by atomic mass is 10.0. The van der Waals surface area contributed by atoms with Crippen LogP contribution in [0.1, 0.15) is 73.6 Å². The Morgan fingerprint density at radius 2 is 0.808 bits per heavy atom. The first-order valence-electron chi connectivity index (χ1n) is 19.2. The maximum absolute atomic E-state index is 6.09. The molecule has 52 heavy (non-hydrogen) atoms. The first-order chi connectivity index (χ1) is 25.7. The highest BCUT2D eigenvalue weighted by molar-refractivity contribution is 5.74. The Morgan fingerprint density at radius 1 is 0.365 bits per heavy atom. The van der Waals surface area contributed by atoms with E-state index < -0.39 is 0 Å². The Balaban J connectivity index is 1.06. The van der Waals surface area contributed by atoms with Gasteiger partial charge < -0.3 is 9.47 Å². The standard InChI is InChI=1S/C47H49N3O2/c1-2-4-7-13-37-20-26-43(27-21-37)52-31-11-15-39-23-29-45(49-35-39)47-33-41(40-16-8-5-9-17-40)32-46(50-47)44-28-22-38(34-48-44)14-10-30-51-42-24-18-36(19-25-42)12-6-3-1/h5,8-9,16-29,32-35H,1-4,6-7,10-15,30-31H2. The Morgan fingerprint density at radius 3 is 1.27 bits per heavy atom. The van der Waals surface area contributed by atoms with Crippen LogP contribution in [0.2, 0.25) is 0 Å². The molecule has 0 atom stereocenters. The zero-order chi connectivity index (χ0) is 35.2. The van der Waals surface area contributed by atoms with Crippen LogP contribution in [-0.4, -0.2) is 28.2 Å². The van der Waals surface area contributed by atoms with E-state index in [4.69, 9.17) is 24.4 Å². The molecule has 0 spiro atoms. The van der Waals surface area contributed by atoms with E-state index in [1.165, 1.54) is 60.8 Å². The summed E-state index contributed by atoms with van der Waals surface area (Å²) in [4.78, 5) is 14.8. The summed E-state index contributed by atoms with van der Waals surface area (Å²) in [6.45, 7) is 1.35. The van der Waals surface area contributed by atoms with Gasteiger partial charge in [0.2, 0.25) is 0 Å². The second-order valence-corrected chi connectivity index (χ2v) is 13.9. The van der Waals surface area contributed by atoms with E-state index in [1.807, 2.05) is 18.5 Å². The number of rotatable bonds is 1. The Bertz CT molecular complexity index is 1830. The van der Waals surface area contributed by atoms with Crippen molar-refractivity contribution in [1.29, 1.82) is 0 Å². The van der Waals surface area contributed by atoms with Crippen LogP contribution in [0, 0.1) is 0 Å². The van der Waals surface area contributed by atoms with E-state index in [0.29, 0.717) is 13.2 Å². The highest BCUT2D eigenvalue weighted by Crippen LogP contribution is 2.29. The van der Waals surface area contributed by atoms with Gasteiger partial charge in [0.1, 0.15) is 11.5 Å². The average molecular weight is 688 g/mol. The summed E-state index contributed by atoms with van der Waals surface area (Å²) in [5, 5.41) is 0. The Hall–Kier alpha value is -5.29. The van der Waals surface area contributed by atoms with Crippen LogP contribution in [0.5, 0.6) is 11.5 Å². The number of aryl methyl sites for hydroxylation is 4. The van der Waals surface area contributed by atoms with Crippen molar-refractivity contribution >= 4 is 0 Å². The third kappa shape index (κ3) is 10.2. The summed E-state index contributed by atoms with van der Waals surface area (Å²) >= 11 is 0. The Labute approximate surface area is 309 Å². The molecule has 5 aliphatic rings. The molecule has 0 saturated carbocycles. The van der Waals surface area contributed by atoms with E-state index in [9.17, 15) is 0 Å². The minimum Gasteiger partial charge on any atom is -0.494 e. The molecule has 5 nitrogen and oxygen atoms in total. The highest BCUT2D eigenvalue weighted by Gasteiger charge is 2.12. The van der Waals surface area contributed by atoms with Crippen LogP contribution in [0.3, 0.4) is 0 Å². The summed E-state index contributed by atoms with van der Waals surface area (Å²) in [5.41, 5.74) is 10.7. The number of pyridine rings is 3.